The van der Waals surface area contributed by atoms with E-state index < -0.39 is 15.6 Å². The van der Waals surface area contributed by atoms with Crippen LogP contribution >= 0.6 is 0 Å². The van der Waals surface area contributed by atoms with Crippen LogP contribution in [0.5, 0.6) is 0 Å². The van der Waals surface area contributed by atoms with Crippen molar-refractivity contribution in [1.82, 2.24) is 4.31 Å². The van der Waals surface area contributed by atoms with Crippen LogP contribution in [0.4, 0.5) is 0 Å². The Morgan fingerprint density at radius 2 is 2.04 bits per heavy atom. The van der Waals surface area contributed by atoms with E-state index in [9.17, 15) is 8.42 Å². The lowest BCUT2D eigenvalue weighted by Gasteiger charge is -2.24. The smallest absolute Gasteiger partial charge is 0.218 e. The molecule has 2 aliphatic heterocycles. The van der Waals surface area contributed by atoms with E-state index in [2.05, 4.69) is 0 Å². The van der Waals surface area contributed by atoms with Crippen molar-refractivity contribution < 1.29 is 13.2 Å². The predicted octanol–water partition coefficient (Wildman–Crippen LogP) is 2.52. The zero-order chi connectivity index (χ0) is 17.5. The second-order valence-corrected chi connectivity index (χ2v) is 8.56. The highest BCUT2D eigenvalue weighted by atomic mass is 32.2. The van der Waals surface area contributed by atoms with E-state index in [0.29, 0.717) is 37.2 Å². The molecular weight excluding hydrogens is 336 g/mol. The third kappa shape index (κ3) is 2.85. The number of rotatable bonds is 3. The van der Waals surface area contributed by atoms with Gasteiger partial charge in [0.25, 0.3) is 0 Å². The molecule has 1 saturated heterocycles. The summed E-state index contributed by atoms with van der Waals surface area (Å²) in [4.78, 5) is 0. The number of fused-ring (bicyclic) bond motifs is 2. The van der Waals surface area contributed by atoms with Gasteiger partial charge in [-0.15, -0.1) is 0 Å². The SMILES string of the molecule is N#Cc1cccc(CS(=O)(=O)N2CCC3(C2)OCc2ccccc23)c1. The van der Waals surface area contributed by atoms with Gasteiger partial charge in [0.05, 0.1) is 24.0 Å². The van der Waals surface area contributed by atoms with Gasteiger partial charge in [-0.2, -0.15) is 9.57 Å². The van der Waals surface area contributed by atoms with Crippen molar-refractivity contribution in [2.45, 2.75) is 24.4 Å². The van der Waals surface area contributed by atoms with Crippen LogP contribution in [0.2, 0.25) is 0 Å². The van der Waals surface area contributed by atoms with Crippen molar-refractivity contribution in [3.8, 4) is 6.07 Å². The van der Waals surface area contributed by atoms with Crippen LogP contribution < -0.4 is 0 Å². The minimum absolute atomic E-state index is 0.0970. The van der Waals surface area contributed by atoms with Crippen LogP contribution in [0.15, 0.2) is 48.5 Å². The van der Waals surface area contributed by atoms with Crippen molar-refractivity contribution in [2.75, 3.05) is 13.1 Å². The third-order valence-corrected chi connectivity index (χ3v) is 6.80. The first-order chi connectivity index (χ1) is 12.0. The van der Waals surface area contributed by atoms with Gasteiger partial charge < -0.3 is 4.74 Å². The van der Waals surface area contributed by atoms with Crippen LogP contribution in [-0.4, -0.2) is 25.8 Å². The summed E-state index contributed by atoms with van der Waals surface area (Å²) in [6.07, 6.45) is 0.668. The molecule has 128 valence electrons. The Morgan fingerprint density at radius 3 is 2.88 bits per heavy atom. The van der Waals surface area contributed by atoms with Crippen LogP contribution in [-0.2, 0) is 32.7 Å². The summed E-state index contributed by atoms with van der Waals surface area (Å²) in [7, 11) is -3.46. The Labute approximate surface area is 147 Å². The van der Waals surface area contributed by atoms with Gasteiger partial charge in [-0.05, 0) is 35.2 Å². The maximum absolute atomic E-state index is 12.8. The standard InChI is InChI=1S/C19H18N2O3S/c20-11-15-4-3-5-16(10-15)13-25(22,23)21-9-8-19(14-21)18-7-2-1-6-17(18)12-24-19/h1-7,10H,8-9,12-14H2. The molecule has 6 heteroatoms. The molecule has 2 aliphatic rings. The molecule has 0 N–H and O–H groups in total. The van der Waals surface area contributed by atoms with Crippen molar-refractivity contribution in [3.63, 3.8) is 0 Å². The van der Waals surface area contributed by atoms with Crippen molar-refractivity contribution >= 4 is 10.0 Å². The highest BCUT2D eigenvalue weighted by Crippen LogP contribution is 2.44. The third-order valence-electron chi connectivity index (χ3n) is 5.01. The maximum Gasteiger partial charge on any atom is 0.218 e. The molecule has 1 atom stereocenters. The lowest BCUT2D eigenvalue weighted by Crippen LogP contribution is -2.35. The molecule has 1 unspecified atom stereocenters. The van der Waals surface area contributed by atoms with Crippen molar-refractivity contribution in [3.05, 3.63) is 70.8 Å². The summed E-state index contributed by atoms with van der Waals surface area (Å²) in [6.45, 7) is 1.34. The van der Waals surface area contributed by atoms with Crippen molar-refractivity contribution in [1.29, 1.82) is 5.26 Å². The van der Waals surface area contributed by atoms with E-state index in [1.807, 2.05) is 30.3 Å². The topological polar surface area (TPSA) is 70.4 Å². The highest BCUT2D eigenvalue weighted by molar-refractivity contribution is 7.88. The molecule has 1 spiro atoms. The molecule has 0 saturated carbocycles. The van der Waals surface area contributed by atoms with Gasteiger partial charge in [0, 0.05) is 13.1 Å². The number of nitrogens with zero attached hydrogens (tertiary/aromatic N) is 2. The van der Waals surface area contributed by atoms with Gasteiger partial charge in [-0.3, -0.25) is 0 Å². The quantitative estimate of drug-likeness (QED) is 0.849. The van der Waals surface area contributed by atoms with E-state index in [0.717, 1.165) is 11.1 Å². The lowest BCUT2D eigenvalue weighted by atomic mass is 9.92. The second kappa shape index (κ2) is 5.95. The van der Waals surface area contributed by atoms with Gasteiger partial charge in [-0.25, -0.2) is 8.42 Å². The molecule has 2 aromatic carbocycles. The average molecular weight is 354 g/mol. The summed E-state index contributed by atoms with van der Waals surface area (Å²) >= 11 is 0. The second-order valence-electron chi connectivity index (χ2n) is 6.59. The van der Waals surface area contributed by atoms with E-state index in [1.54, 1.807) is 24.3 Å². The minimum atomic E-state index is -3.46. The summed E-state index contributed by atoms with van der Waals surface area (Å²) in [5, 5.41) is 8.98. The van der Waals surface area contributed by atoms with E-state index in [1.165, 1.54) is 4.31 Å². The molecule has 0 bridgehead atoms. The highest BCUT2D eigenvalue weighted by Gasteiger charge is 2.48. The van der Waals surface area contributed by atoms with Gasteiger partial charge >= 0.3 is 0 Å². The molecule has 2 aromatic rings. The molecule has 0 amide bonds. The average Bonchev–Trinajstić information content (AvgIpc) is 3.21. The first-order valence-corrected chi connectivity index (χ1v) is 9.83. The fourth-order valence-electron chi connectivity index (χ4n) is 3.74. The zero-order valence-corrected chi connectivity index (χ0v) is 14.5. The number of sulfonamides is 1. The molecule has 2 heterocycles. The van der Waals surface area contributed by atoms with E-state index in [-0.39, 0.29) is 5.75 Å². The van der Waals surface area contributed by atoms with Crippen LogP contribution in [0.25, 0.3) is 0 Å². The van der Waals surface area contributed by atoms with Crippen LogP contribution in [0.1, 0.15) is 28.7 Å². The molecule has 5 nitrogen and oxygen atoms in total. The fourth-order valence-corrected chi connectivity index (χ4v) is 5.30. The Bertz CT molecular complexity index is 965. The van der Waals surface area contributed by atoms with Crippen molar-refractivity contribution in [2.24, 2.45) is 0 Å². The number of hydrogen-bond donors (Lipinski definition) is 0. The molecule has 0 aromatic heterocycles. The van der Waals surface area contributed by atoms with Gasteiger partial charge in [0.15, 0.2) is 0 Å². The predicted molar refractivity (Wildman–Crippen MR) is 92.9 cm³/mol. The number of nitriles is 1. The first-order valence-electron chi connectivity index (χ1n) is 8.22. The Morgan fingerprint density at radius 1 is 1.20 bits per heavy atom. The summed E-state index contributed by atoms with van der Waals surface area (Å²) in [5.41, 5.74) is 2.84. The normalized spacial score (nSPS) is 22.8. The Kier molecular flexibility index (Phi) is 3.88. The number of benzene rings is 2. The fraction of sp³-hybridized carbons (Fsp3) is 0.316. The molecule has 0 aliphatic carbocycles. The molecular formula is C19H18N2O3S. The van der Waals surface area contributed by atoms with E-state index in [4.69, 9.17) is 10.00 Å². The van der Waals surface area contributed by atoms with E-state index >= 15 is 0 Å². The van der Waals surface area contributed by atoms with Crippen LogP contribution in [0, 0.1) is 11.3 Å². The van der Waals surface area contributed by atoms with Gasteiger partial charge in [0.1, 0.15) is 5.60 Å². The van der Waals surface area contributed by atoms with Gasteiger partial charge in [0.2, 0.25) is 10.0 Å². The first kappa shape index (κ1) is 16.3. The monoisotopic (exact) mass is 354 g/mol. The molecule has 4 rings (SSSR count). The minimum Gasteiger partial charge on any atom is -0.364 e. The summed E-state index contributed by atoms with van der Waals surface area (Å²) in [5.74, 6) is -0.0970. The largest absolute Gasteiger partial charge is 0.364 e. The Balaban J connectivity index is 1.56. The molecule has 25 heavy (non-hydrogen) atoms. The summed E-state index contributed by atoms with van der Waals surface area (Å²) < 4.78 is 33.2. The maximum atomic E-state index is 12.8. The van der Waals surface area contributed by atoms with Gasteiger partial charge in [-0.1, -0.05) is 36.4 Å². The number of hydrogen-bond acceptors (Lipinski definition) is 4. The van der Waals surface area contributed by atoms with Crippen LogP contribution in [0.3, 0.4) is 0 Å². The Hall–Kier alpha value is -2.20. The lowest BCUT2D eigenvalue weighted by molar-refractivity contribution is -0.0255. The molecule has 0 radical (unpaired) electrons. The molecule has 1 fully saturated rings. The number of ether oxygens (including phenoxy) is 1. The summed E-state index contributed by atoms with van der Waals surface area (Å²) in [6, 6.07) is 16.8. The zero-order valence-electron chi connectivity index (χ0n) is 13.7.